The predicted octanol–water partition coefficient (Wildman–Crippen LogP) is 5.68. The first-order valence-corrected chi connectivity index (χ1v) is 19.1. The summed E-state index contributed by atoms with van der Waals surface area (Å²) in [6.07, 6.45) is 10.7. The van der Waals surface area contributed by atoms with E-state index < -0.39 is 23.1 Å². The summed E-state index contributed by atoms with van der Waals surface area (Å²) >= 11 is 0. The van der Waals surface area contributed by atoms with Crippen molar-refractivity contribution in [2.24, 2.45) is 17.3 Å². The first-order valence-electron chi connectivity index (χ1n) is 19.1. The number of piperidine rings is 1. The zero-order valence-electron chi connectivity index (χ0n) is 30.9. The van der Waals surface area contributed by atoms with E-state index in [9.17, 15) is 23.6 Å². The molecule has 4 aromatic rings. The number of carbonyl (C=O) groups is 2. The summed E-state index contributed by atoms with van der Waals surface area (Å²) in [4.78, 5) is 38.2. The first-order chi connectivity index (χ1) is 26.1. The number of carbonyl (C=O) groups excluding carboxylic acids is 2. The number of aromatic nitrogens is 3. The van der Waals surface area contributed by atoms with Crippen molar-refractivity contribution in [1.82, 2.24) is 29.7 Å². The van der Waals surface area contributed by atoms with E-state index in [0.29, 0.717) is 87.5 Å². The van der Waals surface area contributed by atoms with Crippen LogP contribution in [0.25, 0.3) is 16.6 Å². The second-order valence-electron chi connectivity index (χ2n) is 16.0. The SMILES string of the molecule is CCOc1cc(-c2ccc(N3CCC(CN4CCN(C(=O)C5CC6(CC(C)C6)C5)CC4)(NC(=O)c4cc(F)ccc4F)CC3)nc2)c2c(C#N)cnn2c1. The van der Waals surface area contributed by atoms with Gasteiger partial charge in [0.15, 0.2) is 0 Å². The molecule has 0 unspecified atom stereocenters. The zero-order valence-corrected chi connectivity index (χ0v) is 30.9. The maximum atomic E-state index is 14.8. The summed E-state index contributed by atoms with van der Waals surface area (Å²) in [7, 11) is 0. The average Bonchev–Trinajstić information content (AvgIpc) is 3.57. The van der Waals surface area contributed by atoms with Gasteiger partial charge in [-0.15, -0.1) is 0 Å². The van der Waals surface area contributed by atoms with Crippen LogP contribution in [0.15, 0.2) is 55.0 Å². The summed E-state index contributed by atoms with van der Waals surface area (Å²) < 4.78 is 36.3. The highest BCUT2D eigenvalue weighted by Gasteiger charge is 2.54. The fourth-order valence-corrected chi connectivity index (χ4v) is 9.57. The highest BCUT2D eigenvalue weighted by molar-refractivity contribution is 5.95. The maximum Gasteiger partial charge on any atom is 0.254 e. The van der Waals surface area contributed by atoms with Crippen molar-refractivity contribution in [3.63, 3.8) is 0 Å². The normalized spacial score (nSPS) is 23.8. The molecule has 282 valence electrons. The Balaban J connectivity index is 0.959. The Kier molecular flexibility index (Phi) is 9.50. The minimum Gasteiger partial charge on any atom is -0.492 e. The molecular formula is C41H46F2N8O3. The number of nitrogens with zero attached hydrogens (tertiary/aromatic N) is 7. The molecule has 13 heteroatoms. The van der Waals surface area contributed by atoms with Crippen LogP contribution in [0, 0.1) is 40.2 Å². The number of halogens is 2. The third-order valence-electron chi connectivity index (χ3n) is 12.2. The van der Waals surface area contributed by atoms with Crippen LogP contribution in [0.5, 0.6) is 5.75 Å². The van der Waals surface area contributed by atoms with Crippen LogP contribution in [0.1, 0.15) is 68.3 Å². The Bertz CT molecular complexity index is 2080. The lowest BCUT2D eigenvalue weighted by Crippen LogP contribution is -2.63. The Morgan fingerprint density at radius 1 is 1.00 bits per heavy atom. The average molecular weight is 737 g/mol. The van der Waals surface area contributed by atoms with Crippen LogP contribution in [0.3, 0.4) is 0 Å². The van der Waals surface area contributed by atoms with E-state index in [2.05, 4.69) is 33.2 Å². The molecule has 2 saturated heterocycles. The van der Waals surface area contributed by atoms with E-state index in [4.69, 9.17) is 9.72 Å². The number of ether oxygens (including phenoxy) is 1. The Hall–Kier alpha value is -5.09. The minimum absolute atomic E-state index is 0.144. The molecule has 3 aromatic heterocycles. The van der Waals surface area contributed by atoms with Gasteiger partial charge in [-0.25, -0.2) is 18.3 Å². The van der Waals surface area contributed by atoms with E-state index >= 15 is 0 Å². The number of rotatable bonds is 9. The Morgan fingerprint density at radius 3 is 2.43 bits per heavy atom. The summed E-state index contributed by atoms with van der Waals surface area (Å²) in [5.41, 5.74) is 2.12. The van der Waals surface area contributed by atoms with Crippen LogP contribution in [-0.2, 0) is 4.79 Å². The van der Waals surface area contributed by atoms with Crippen molar-refractivity contribution in [3.8, 4) is 22.9 Å². The Morgan fingerprint density at radius 2 is 1.76 bits per heavy atom. The molecule has 0 atom stereocenters. The summed E-state index contributed by atoms with van der Waals surface area (Å²) in [6.45, 7) is 9.00. The molecule has 2 aliphatic heterocycles. The zero-order chi connectivity index (χ0) is 37.6. The first kappa shape index (κ1) is 35.9. The summed E-state index contributed by atoms with van der Waals surface area (Å²) in [6, 6.07) is 11.0. The van der Waals surface area contributed by atoms with Crippen molar-refractivity contribution in [2.75, 3.05) is 57.3 Å². The number of pyridine rings is 2. The van der Waals surface area contributed by atoms with Gasteiger partial charge >= 0.3 is 0 Å². The van der Waals surface area contributed by atoms with E-state index in [1.165, 1.54) is 19.0 Å². The molecule has 8 rings (SSSR count). The van der Waals surface area contributed by atoms with Gasteiger partial charge in [-0.3, -0.25) is 14.5 Å². The lowest BCUT2D eigenvalue weighted by atomic mass is 9.48. The quantitative estimate of drug-likeness (QED) is 0.233. The van der Waals surface area contributed by atoms with Crippen molar-refractivity contribution in [3.05, 3.63) is 77.8 Å². The second-order valence-corrected chi connectivity index (χ2v) is 16.0. The molecule has 2 amide bonds. The van der Waals surface area contributed by atoms with Gasteiger partial charge < -0.3 is 19.9 Å². The molecule has 54 heavy (non-hydrogen) atoms. The highest BCUT2D eigenvalue weighted by Crippen LogP contribution is 2.61. The molecule has 2 aliphatic carbocycles. The number of nitriles is 1. The number of fused-ring (bicyclic) bond motifs is 1. The molecule has 1 spiro atoms. The number of nitrogens with one attached hydrogen (secondary N) is 1. The molecule has 4 fully saturated rings. The van der Waals surface area contributed by atoms with E-state index in [1.54, 1.807) is 16.9 Å². The molecule has 11 nitrogen and oxygen atoms in total. The summed E-state index contributed by atoms with van der Waals surface area (Å²) in [5.74, 6) is 0.513. The van der Waals surface area contributed by atoms with Gasteiger partial charge in [-0.1, -0.05) is 6.92 Å². The molecule has 0 radical (unpaired) electrons. The number of piperazine rings is 1. The lowest BCUT2D eigenvalue weighted by molar-refractivity contribution is -0.152. The van der Waals surface area contributed by atoms with Gasteiger partial charge in [-0.2, -0.15) is 10.4 Å². The van der Waals surface area contributed by atoms with Crippen molar-refractivity contribution < 1.29 is 23.1 Å². The third-order valence-corrected chi connectivity index (χ3v) is 12.2. The molecule has 4 aliphatic rings. The molecule has 0 bridgehead atoms. The number of benzene rings is 1. The fraction of sp³-hybridized carbons (Fsp3) is 0.488. The molecule has 2 saturated carbocycles. The van der Waals surface area contributed by atoms with Gasteiger partial charge in [0.2, 0.25) is 5.91 Å². The van der Waals surface area contributed by atoms with Crippen LogP contribution in [0.4, 0.5) is 14.6 Å². The fourth-order valence-electron chi connectivity index (χ4n) is 9.57. The standard InChI is InChI=1S/C41H46F2N8O3/c1-3-54-32-17-33(37-30(22-44)24-46-51(37)25-32)28-4-7-36(45-23-28)49-10-8-41(9-11-49,47-38(52)34-16-31(42)5-6-35(34)43)26-48-12-14-50(15-13-48)39(53)29-20-40(21-29)18-27(2)19-40/h4-7,16-17,23-25,27,29H,3,8-15,18-21,26H2,1-2H3,(H,47,52). The van der Waals surface area contributed by atoms with Gasteiger partial charge in [0.1, 0.15) is 29.3 Å². The Labute approximate surface area is 313 Å². The maximum absolute atomic E-state index is 14.8. The largest absolute Gasteiger partial charge is 0.492 e. The third kappa shape index (κ3) is 6.88. The van der Waals surface area contributed by atoms with Crippen molar-refractivity contribution in [2.45, 2.75) is 57.9 Å². The smallest absolute Gasteiger partial charge is 0.254 e. The molecular weight excluding hydrogens is 690 g/mol. The highest BCUT2D eigenvalue weighted by atomic mass is 19.1. The number of hydrogen-bond acceptors (Lipinski definition) is 8. The van der Waals surface area contributed by atoms with Crippen LogP contribution in [0.2, 0.25) is 0 Å². The van der Waals surface area contributed by atoms with Gasteiger partial charge in [0, 0.05) is 69.1 Å². The van der Waals surface area contributed by atoms with Crippen molar-refractivity contribution in [1.29, 1.82) is 5.26 Å². The van der Waals surface area contributed by atoms with E-state index in [-0.39, 0.29) is 17.4 Å². The molecule has 5 heterocycles. The predicted molar refractivity (Wildman–Crippen MR) is 199 cm³/mol. The number of hydrogen-bond donors (Lipinski definition) is 1. The van der Waals surface area contributed by atoms with Crippen LogP contribution < -0.4 is 15.0 Å². The minimum atomic E-state index is -0.770. The monoisotopic (exact) mass is 736 g/mol. The van der Waals surface area contributed by atoms with Gasteiger partial charge in [0.25, 0.3) is 5.91 Å². The van der Waals surface area contributed by atoms with Crippen LogP contribution >= 0.6 is 0 Å². The number of amides is 2. The summed E-state index contributed by atoms with van der Waals surface area (Å²) in [5, 5.41) is 17.2. The van der Waals surface area contributed by atoms with E-state index in [1.807, 2.05) is 30.0 Å². The van der Waals surface area contributed by atoms with E-state index in [0.717, 1.165) is 53.9 Å². The molecule has 1 N–H and O–H groups in total. The second kappa shape index (κ2) is 14.3. The van der Waals surface area contributed by atoms with Crippen LogP contribution in [-0.4, -0.2) is 94.2 Å². The van der Waals surface area contributed by atoms with Crippen molar-refractivity contribution >= 4 is 23.1 Å². The number of anilines is 1. The van der Waals surface area contributed by atoms with Gasteiger partial charge in [0.05, 0.1) is 41.2 Å². The van der Waals surface area contributed by atoms with Gasteiger partial charge in [-0.05, 0) is 93.2 Å². The molecule has 1 aromatic carbocycles. The lowest BCUT2D eigenvalue weighted by Gasteiger charge is -2.57. The topological polar surface area (TPSA) is 119 Å².